The average molecular weight is 555 g/mol. The van der Waals surface area contributed by atoms with Gasteiger partial charge in [-0.2, -0.15) is 0 Å². The molecule has 0 heterocycles. The Balaban J connectivity index is 2.42. The maximum Gasteiger partial charge on any atom is 0.244 e. The summed E-state index contributed by atoms with van der Waals surface area (Å²) in [6.07, 6.45) is 1.80. The van der Waals surface area contributed by atoms with Gasteiger partial charge in [0.25, 0.3) is 0 Å². The minimum absolute atomic E-state index is 0.143. The number of nitrogens with one attached hydrogen (secondary N) is 1. The number of para-hydroxylation sites is 2. The van der Waals surface area contributed by atoms with E-state index in [0.29, 0.717) is 18.9 Å². The van der Waals surface area contributed by atoms with Crippen LogP contribution in [0.1, 0.15) is 32.8 Å². The number of anilines is 1. The Labute approximate surface area is 210 Å². The molecule has 0 aliphatic heterocycles. The summed E-state index contributed by atoms with van der Waals surface area (Å²) in [5, 5.41) is 2.81. The van der Waals surface area contributed by atoms with E-state index in [2.05, 4.69) is 21.2 Å². The molecule has 0 saturated carbocycles. The fourth-order valence-corrected chi connectivity index (χ4v) is 4.65. The maximum absolute atomic E-state index is 13.5. The summed E-state index contributed by atoms with van der Waals surface area (Å²) in [6, 6.07) is 13.3. The van der Waals surface area contributed by atoms with E-state index in [4.69, 9.17) is 4.74 Å². The van der Waals surface area contributed by atoms with Gasteiger partial charge in [-0.05, 0) is 50.1 Å². The highest BCUT2D eigenvalue weighted by Crippen LogP contribution is 2.30. The largest absolute Gasteiger partial charge is 0.492 e. The third-order valence-corrected chi connectivity index (χ3v) is 6.69. The van der Waals surface area contributed by atoms with Crippen LogP contribution < -0.4 is 14.4 Å². The molecule has 2 rings (SSSR count). The molecule has 1 atom stereocenters. The van der Waals surface area contributed by atoms with Crippen LogP contribution in [0, 0.1) is 0 Å². The second kappa shape index (κ2) is 12.8. The number of hydrogen-bond donors (Lipinski definition) is 1. The number of benzene rings is 2. The Kier molecular flexibility index (Phi) is 10.4. The normalized spacial score (nSPS) is 12.0. The average Bonchev–Trinajstić information content (AvgIpc) is 2.79. The molecule has 0 fully saturated rings. The molecule has 0 unspecified atom stereocenters. The Bertz CT molecular complexity index is 1090. The zero-order chi connectivity index (χ0) is 25.3. The molecule has 2 aromatic rings. The lowest BCUT2D eigenvalue weighted by atomic mass is 10.1. The van der Waals surface area contributed by atoms with E-state index in [1.54, 1.807) is 38.1 Å². The predicted molar refractivity (Wildman–Crippen MR) is 137 cm³/mol. The molecule has 34 heavy (non-hydrogen) atoms. The lowest BCUT2D eigenvalue weighted by Gasteiger charge is -2.32. The molecular formula is C24H32BrN3O5S. The zero-order valence-corrected chi connectivity index (χ0v) is 22.4. The van der Waals surface area contributed by atoms with Crippen molar-refractivity contribution in [1.29, 1.82) is 0 Å². The van der Waals surface area contributed by atoms with Gasteiger partial charge in [0.05, 0.1) is 18.6 Å². The summed E-state index contributed by atoms with van der Waals surface area (Å²) >= 11 is 3.42. The highest BCUT2D eigenvalue weighted by molar-refractivity contribution is 9.10. The Morgan fingerprint density at radius 2 is 1.82 bits per heavy atom. The maximum atomic E-state index is 13.5. The van der Waals surface area contributed by atoms with Crippen LogP contribution in [0.3, 0.4) is 0 Å². The van der Waals surface area contributed by atoms with E-state index in [1.165, 1.54) is 4.90 Å². The summed E-state index contributed by atoms with van der Waals surface area (Å²) in [5.41, 5.74) is 1.07. The lowest BCUT2D eigenvalue weighted by molar-refractivity contribution is -0.139. The summed E-state index contributed by atoms with van der Waals surface area (Å²) in [6.45, 7) is 5.87. The molecule has 0 aromatic heterocycles. The summed E-state index contributed by atoms with van der Waals surface area (Å²) < 4.78 is 32.9. The number of carbonyl (C=O) groups excluding carboxylic acids is 2. The summed E-state index contributed by atoms with van der Waals surface area (Å²) in [7, 11) is -3.83. The van der Waals surface area contributed by atoms with Gasteiger partial charge in [0.2, 0.25) is 21.8 Å². The molecular weight excluding hydrogens is 522 g/mol. The van der Waals surface area contributed by atoms with Gasteiger partial charge in [-0.15, -0.1) is 0 Å². The number of sulfonamides is 1. The topological polar surface area (TPSA) is 96.0 Å². The van der Waals surface area contributed by atoms with Gasteiger partial charge in [0, 0.05) is 17.6 Å². The molecule has 0 aliphatic rings. The van der Waals surface area contributed by atoms with Crippen molar-refractivity contribution in [3.63, 3.8) is 0 Å². The van der Waals surface area contributed by atoms with Gasteiger partial charge in [-0.25, -0.2) is 8.42 Å². The van der Waals surface area contributed by atoms with Crippen molar-refractivity contribution in [3.8, 4) is 5.75 Å². The minimum atomic E-state index is -3.83. The van der Waals surface area contributed by atoms with Crippen LogP contribution in [0.15, 0.2) is 53.0 Å². The Hall–Kier alpha value is -2.59. The monoisotopic (exact) mass is 553 g/mol. The fraction of sp³-hybridized carbons (Fsp3) is 0.417. The number of carbonyl (C=O) groups is 2. The third-order valence-electron chi connectivity index (χ3n) is 5.07. The molecule has 2 amide bonds. The van der Waals surface area contributed by atoms with Gasteiger partial charge < -0.3 is 15.0 Å². The Morgan fingerprint density at radius 1 is 1.12 bits per heavy atom. The van der Waals surface area contributed by atoms with Crippen LogP contribution in [-0.2, 0) is 26.2 Å². The van der Waals surface area contributed by atoms with Gasteiger partial charge in [0.1, 0.15) is 18.3 Å². The SMILES string of the molecule is CCCNC(=O)[C@@H](C)N(Cc1cccc(Br)c1)C(=O)CN(c1ccccc1OCC)S(C)(=O)=O. The van der Waals surface area contributed by atoms with Crippen molar-refractivity contribution in [2.24, 2.45) is 0 Å². The molecule has 8 nitrogen and oxygen atoms in total. The Morgan fingerprint density at radius 3 is 2.44 bits per heavy atom. The van der Waals surface area contributed by atoms with Crippen LogP contribution in [0.25, 0.3) is 0 Å². The quantitative estimate of drug-likeness (QED) is 0.433. The number of hydrogen-bond acceptors (Lipinski definition) is 5. The van der Waals surface area contributed by atoms with Gasteiger partial charge >= 0.3 is 0 Å². The van der Waals surface area contributed by atoms with Crippen LogP contribution in [0.2, 0.25) is 0 Å². The molecule has 1 N–H and O–H groups in total. The number of rotatable bonds is 12. The molecule has 10 heteroatoms. The van der Waals surface area contributed by atoms with Crippen LogP contribution in [0.4, 0.5) is 5.69 Å². The second-order valence-electron chi connectivity index (χ2n) is 7.79. The van der Waals surface area contributed by atoms with Crippen LogP contribution in [0.5, 0.6) is 5.75 Å². The molecule has 0 aliphatic carbocycles. The zero-order valence-electron chi connectivity index (χ0n) is 20.0. The van der Waals surface area contributed by atoms with E-state index in [0.717, 1.165) is 27.0 Å². The van der Waals surface area contributed by atoms with Crippen LogP contribution in [-0.4, -0.2) is 57.1 Å². The molecule has 0 saturated heterocycles. The number of amides is 2. The first-order valence-corrected chi connectivity index (χ1v) is 13.7. The van der Waals surface area contributed by atoms with E-state index < -0.39 is 28.5 Å². The summed E-state index contributed by atoms with van der Waals surface area (Å²) in [4.78, 5) is 27.7. The van der Waals surface area contributed by atoms with E-state index in [-0.39, 0.29) is 18.1 Å². The first-order valence-electron chi connectivity index (χ1n) is 11.1. The number of ether oxygens (including phenoxy) is 1. The first kappa shape index (κ1) is 27.7. The van der Waals surface area contributed by atoms with Gasteiger partial charge in [0.15, 0.2) is 0 Å². The van der Waals surface area contributed by atoms with E-state index >= 15 is 0 Å². The van der Waals surface area contributed by atoms with Crippen molar-refractivity contribution in [2.75, 3.05) is 30.3 Å². The molecule has 2 aromatic carbocycles. The van der Waals surface area contributed by atoms with Gasteiger partial charge in [-0.1, -0.05) is 47.1 Å². The fourth-order valence-electron chi connectivity index (χ4n) is 3.35. The van der Waals surface area contributed by atoms with Crippen LogP contribution >= 0.6 is 15.9 Å². The second-order valence-corrected chi connectivity index (χ2v) is 10.6. The third kappa shape index (κ3) is 7.73. The highest BCUT2D eigenvalue weighted by atomic mass is 79.9. The van der Waals surface area contributed by atoms with Gasteiger partial charge in [-0.3, -0.25) is 13.9 Å². The van der Waals surface area contributed by atoms with Crippen molar-refractivity contribution < 1.29 is 22.7 Å². The summed E-state index contributed by atoms with van der Waals surface area (Å²) in [5.74, 6) is -0.447. The van der Waals surface area contributed by atoms with E-state index in [9.17, 15) is 18.0 Å². The standard InChI is InChI=1S/C24H32BrN3O5S/c1-5-14-26-24(30)18(3)27(16-19-10-9-11-20(25)15-19)23(29)17-28(34(4,31)32)21-12-7-8-13-22(21)33-6-2/h7-13,15,18H,5-6,14,16-17H2,1-4H3,(H,26,30)/t18-/m1/s1. The molecule has 0 bridgehead atoms. The highest BCUT2D eigenvalue weighted by Gasteiger charge is 2.31. The van der Waals surface area contributed by atoms with E-state index in [1.807, 2.05) is 31.2 Å². The predicted octanol–water partition coefficient (Wildman–Crippen LogP) is 3.56. The minimum Gasteiger partial charge on any atom is -0.492 e. The van der Waals surface area contributed by atoms with Crippen molar-refractivity contribution in [2.45, 2.75) is 39.8 Å². The molecule has 186 valence electrons. The number of halogens is 1. The molecule has 0 spiro atoms. The smallest absolute Gasteiger partial charge is 0.244 e. The van der Waals surface area contributed by atoms with Crippen molar-refractivity contribution in [3.05, 3.63) is 58.6 Å². The lowest BCUT2D eigenvalue weighted by Crippen LogP contribution is -2.51. The van der Waals surface area contributed by atoms with Crippen molar-refractivity contribution in [1.82, 2.24) is 10.2 Å². The van der Waals surface area contributed by atoms with Crippen molar-refractivity contribution >= 4 is 43.5 Å². The number of nitrogens with zero attached hydrogens (tertiary/aromatic N) is 2. The first-order chi connectivity index (χ1) is 16.1. The molecule has 0 radical (unpaired) electrons.